The van der Waals surface area contributed by atoms with Gasteiger partial charge in [0.15, 0.2) is 11.2 Å². The van der Waals surface area contributed by atoms with Gasteiger partial charge in [-0.1, -0.05) is 32.4 Å². The fourth-order valence-corrected chi connectivity index (χ4v) is 4.53. The number of hydrogen-bond donors (Lipinski definition) is 0. The molecule has 1 aliphatic rings. The zero-order chi connectivity index (χ0) is 23.9. The Morgan fingerprint density at radius 2 is 1.91 bits per heavy atom. The molecule has 0 unspecified atom stereocenters. The molecule has 176 valence electrons. The molecule has 0 radical (unpaired) electrons. The Kier molecular flexibility index (Phi) is 6.14. The molecule has 2 atom stereocenters. The van der Waals surface area contributed by atoms with Crippen LogP contribution in [0.5, 0.6) is 0 Å². The van der Waals surface area contributed by atoms with Crippen LogP contribution < -0.4 is 16.1 Å². The zero-order valence-corrected chi connectivity index (χ0v) is 19.9. The van der Waals surface area contributed by atoms with Crippen molar-refractivity contribution in [1.29, 1.82) is 0 Å². The minimum atomic E-state index is -1.04. The lowest BCUT2D eigenvalue weighted by molar-refractivity contribution is -0.144. The van der Waals surface area contributed by atoms with Crippen LogP contribution in [0, 0.1) is 5.92 Å². The van der Waals surface area contributed by atoms with Gasteiger partial charge >= 0.3 is 11.7 Å². The molecule has 0 saturated heterocycles. The summed E-state index contributed by atoms with van der Waals surface area (Å²) in [6.45, 7) is 7.13. The van der Waals surface area contributed by atoms with Gasteiger partial charge in [0.1, 0.15) is 6.04 Å². The molecule has 0 fully saturated rings. The largest absolute Gasteiger partial charge is 0.467 e. The fraction of sp³-hybridized carbons (Fsp3) is 0.500. The van der Waals surface area contributed by atoms with Crippen molar-refractivity contribution in [2.75, 3.05) is 18.6 Å². The molecule has 9 nitrogen and oxygen atoms in total. The molecule has 33 heavy (non-hydrogen) atoms. The van der Waals surface area contributed by atoms with Crippen molar-refractivity contribution >= 4 is 28.8 Å². The Morgan fingerprint density at radius 1 is 1.21 bits per heavy atom. The van der Waals surface area contributed by atoms with E-state index >= 15 is 0 Å². The number of anilines is 2. The quantitative estimate of drug-likeness (QED) is 0.533. The highest BCUT2D eigenvalue weighted by Gasteiger charge is 2.31. The van der Waals surface area contributed by atoms with Gasteiger partial charge in [-0.2, -0.15) is 4.98 Å². The Balaban J connectivity index is 1.88. The summed E-state index contributed by atoms with van der Waals surface area (Å²) in [5.74, 6) is 0.225. The standard InChI is InChI=1S/C24H31N5O4/c1-6-7-8-17-9-11-18(12-10-17)27-13-15(2)14-28-19-20(25-23(27)28)26(4)24(32)29(21(19)30)16(3)22(31)33-5/h9-12,15-16H,6-8,13-14H2,1-5H3/t15-,16-/m1/s1. The Hall–Kier alpha value is -3.36. The van der Waals surface area contributed by atoms with Gasteiger partial charge in [0.25, 0.3) is 5.56 Å². The lowest BCUT2D eigenvalue weighted by Gasteiger charge is -2.33. The smallest absolute Gasteiger partial charge is 0.333 e. The molecule has 0 spiro atoms. The maximum absolute atomic E-state index is 13.5. The molecular formula is C24H31N5O4. The van der Waals surface area contributed by atoms with Crippen LogP contribution in [-0.2, 0) is 29.5 Å². The molecule has 0 bridgehead atoms. The summed E-state index contributed by atoms with van der Waals surface area (Å²) in [6.07, 6.45) is 3.35. The molecule has 0 N–H and O–H groups in total. The van der Waals surface area contributed by atoms with E-state index in [1.54, 1.807) is 7.05 Å². The number of carbonyl (C=O) groups excluding carboxylic acids is 1. The van der Waals surface area contributed by atoms with Crippen molar-refractivity contribution in [3.8, 4) is 0 Å². The van der Waals surface area contributed by atoms with E-state index in [0.717, 1.165) is 36.1 Å². The van der Waals surface area contributed by atoms with Crippen molar-refractivity contribution in [2.24, 2.45) is 13.0 Å². The van der Waals surface area contributed by atoms with Gasteiger partial charge in [-0.15, -0.1) is 0 Å². The highest BCUT2D eigenvalue weighted by Crippen LogP contribution is 2.33. The third-order valence-electron chi connectivity index (χ3n) is 6.39. The van der Waals surface area contributed by atoms with Crippen molar-refractivity contribution in [1.82, 2.24) is 18.7 Å². The molecule has 2 aromatic heterocycles. The van der Waals surface area contributed by atoms with Gasteiger partial charge in [0, 0.05) is 25.8 Å². The third-order valence-corrected chi connectivity index (χ3v) is 6.39. The molecule has 1 aromatic carbocycles. The molecule has 0 amide bonds. The predicted molar refractivity (Wildman–Crippen MR) is 127 cm³/mol. The number of benzene rings is 1. The number of imidazole rings is 1. The predicted octanol–water partition coefficient (Wildman–Crippen LogP) is 2.76. The second-order valence-corrected chi connectivity index (χ2v) is 8.90. The molecule has 1 aliphatic heterocycles. The summed E-state index contributed by atoms with van der Waals surface area (Å²) in [5.41, 5.74) is 1.79. The van der Waals surface area contributed by atoms with Gasteiger partial charge in [0.05, 0.1) is 7.11 Å². The highest BCUT2D eigenvalue weighted by molar-refractivity contribution is 5.78. The van der Waals surface area contributed by atoms with Gasteiger partial charge in [-0.3, -0.25) is 9.36 Å². The Morgan fingerprint density at radius 3 is 2.55 bits per heavy atom. The number of aromatic nitrogens is 4. The van der Waals surface area contributed by atoms with E-state index in [2.05, 4.69) is 43.0 Å². The van der Waals surface area contributed by atoms with Crippen LogP contribution in [0.1, 0.15) is 45.2 Å². The van der Waals surface area contributed by atoms with E-state index in [1.807, 2.05) is 4.57 Å². The summed E-state index contributed by atoms with van der Waals surface area (Å²) in [6, 6.07) is 7.41. The fourth-order valence-electron chi connectivity index (χ4n) is 4.53. The van der Waals surface area contributed by atoms with E-state index in [0.29, 0.717) is 23.7 Å². The van der Waals surface area contributed by atoms with Gasteiger partial charge in [-0.05, 0) is 43.4 Å². The lowest BCUT2D eigenvalue weighted by atomic mass is 10.1. The third kappa shape index (κ3) is 3.85. The summed E-state index contributed by atoms with van der Waals surface area (Å²) >= 11 is 0. The number of fused-ring (bicyclic) bond motifs is 3. The van der Waals surface area contributed by atoms with E-state index in [4.69, 9.17) is 9.72 Å². The number of hydrogen-bond acceptors (Lipinski definition) is 6. The molecule has 0 saturated carbocycles. The first-order valence-electron chi connectivity index (χ1n) is 11.4. The normalized spacial score (nSPS) is 16.6. The number of nitrogens with zero attached hydrogens (tertiary/aromatic N) is 5. The first-order chi connectivity index (χ1) is 15.8. The van der Waals surface area contributed by atoms with Gasteiger partial charge < -0.3 is 14.2 Å². The topological polar surface area (TPSA) is 91.4 Å². The van der Waals surface area contributed by atoms with Crippen LogP contribution in [0.2, 0.25) is 0 Å². The van der Waals surface area contributed by atoms with Gasteiger partial charge in [-0.25, -0.2) is 14.2 Å². The van der Waals surface area contributed by atoms with Crippen molar-refractivity contribution in [3.63, 3.8) is 0 Å². The van der Waals surface area contributed by atoms with Crippen LogP contribution in [-0.4, -0.2) is 38.3 Å². The first-order valence-corrected chi connectivity index (χ1v) is 11.4. The minimum Gasteiger partial charge on any atom is -0.467 e. The maximum Gasteiger partial charge on any atom is 0.333 e. The van der Waals surface area contributed by atoms with Crippen LogP contribution >= 0.6 is 0 Å². The summed E-state index contributed by atoms with van der Waals surface area (Å²) in [7, 11) is 2.81. The lowest BCUT2D eigenvalue weighted by Crippen LogP contribution is -2.44. The van der Waals surface area contributed by atoms with Crippen molar-refractivity contribution in [3.05, 3.63) is 50.7 Å². The average Bonchev–Trinajstić information content (AvgIpc) is 3.20. The van der Waals surface area contributed by atoms with Gasteiger partial charge in [0.2, 0.25) is 5.95 Å². The van der Waals surface area contributed by atoms with Crippen LogP contribution in [0.15, 0.2) is 33.9 Å². The first kappa shape index (κ1) is 22.8. The average molecular weight is 454 g/mol. The number of esters is 1. The van der Waals surface area contributed by atoms with Crippen LogP contribution in [0.3, 0.4) is 0 Å². The van der Waals surface area contributed by atoms with Crippen molar-refractivity contribution < 1.29 is 9.53 Å². The number of rotatable bonds is 6. The second kappa shape index (κ2) is 8.88. The molecule has 0 aliphatic carbocycles. The zero-order valence-electron chi connectivity index (χ0n) is 19.9. The van der Waals surface area contributed by atoms with E-state index in [1.165, 1.54) is 24.2 Å². The number of aryl methyl sites for hydroxylation is 2. The van der Waals surface area contributed by atoms with E-state index in [-0.39, 0.29) is 5.92 Å². The maximum atomic E-state index is 13.5. The van der Waals surface area contributed by atoms with Crippen LogP contribution in [0.4, 0.5) is 11.6 Å². The monoisotopic (exact) mass is 453 g/mol. The molecular weight excluding hydrogens is 422 g/mol. The number of methoxy groups -OCH3 is 1. The molecule has 3 heterocycles. The molecule has 3 aromatic rings. The van der Waals surface area contributed by atoms with Crippen LogP contribution in [0.25, 0.3) is 11.2 Å². The van der Waals surface area contributed by atoms with E-state index < -0.39 is 23.3 Å². The Labute approximate surface area is 192 Å². The SMILES string of the molecule is CCCCc1ccc(N2C[C@@H](C)Cn3c2nc2c3c(=O)n([C@H](C)C(=O)OC)c(=O)n2C)cc1. The number of carbonyl (C=O) groups is 1. The summed E-state index contributed by atoms with van der Waals surface area (Å²) < 4.78 is 8.93. The van der Waals surface area contributed by atoms with Crippen molar-refractivity contribution in [2.45, 2.75) is 52.6 Å². The number of unbranched alkanes of at least 4 members (excludes halogenated alkanes) is 1. The molecule has 4 rings (SSSR count). The summed E-state index contributed by atoms with van der Waals surface area (Å²) in [4.78, 5) is 45.4. The highest BCUT2D eigenvalue weighted by atomic mass is 16.5. The van der Waals surface area contributed by atoms with E-state index in [9.17, 15) is 14.4 Å². The Bertz CT molecular complexity index is 1300. The summed E-state index contributed by atoms with van der Waals surface area (Å²) in [5, 5.41) is 0. The number of ether oxygens (including phenoxy) is 1. The molecule has 9 heteroatoms. The minimum absolute atomic E-state index is 0.248. The second-order valence-electron chi connectivity index (χ2n) is 8.90.